The number of aryl methyl sites for hydroxylation is 2. The Morgan fingerprint density at radius 3 is 2.62 bits per heavy atom. The zero-order chi connectivity index (χ0) is 20.4. The van der Waals surface area contributed by atoms with E-state index in [1.54, 1.807) is 37.3 Å². The van der Waals surface area contributed by atoms with Gasteiger partial charge in [-0.3, -0.25) is 9.48 Å². The van der Waals surface area contributed by atoms with Gasteiger partial charge in [-0.15, -0.1) is 0 Å². The minimum Gasteiger partial charge on any atom is -0.497 e. The smallest absolute Gasteiger partial charge is 0.257 e. The number of aromatic nitrogens is 4. The van der Waals surface area contributed by atoms with E-state index in [4.69, 9.17) is 9.47 Å². The second-order valence-corrected chi connectivity index (χ2v) is 7.12. The van der Waals surface area contributed by atoms with Crippen LogP contribution in [0.4, 0.5) is 0 Å². The molecule has 8 nitrogen and oxygen atoms in total. The molecule has 1 aliphatic rings. The van der Waals surface area contributed by atoms with Gasteiger partial charge in [0.1, 0.15) is 17.3 Å². The zero-order valence-corrected chi connectivity index (χ0v) is 16.7. The number of rotatable bonds is 5. The number of hydrogen-bond donors (Lipinski definition) is 0. The summed E-state index contributed by atoms with van der Waals surface area (Å²) < 4.78 is 12.7. The number of ether oxygens (including phenoxy) is 2. The van der Waals surface area contributed by atoms with Crippen LogP contribution in [0.5, 0.6) is 17.4 Å². The summed E-state index contributed by atoms with van der Waals surface area (Å²) in [5.41, 5.74) is 1.43. The van der Waals surface area contributed by atoms with Crippen molar-refractivity contribution in [2.45, 2.75) is 19.3 Å². The summed E-state index contributed by atoms with van der Waals surface area (Å²) in [4.78, 5) is 23.7. The number of likely N-dealkylation sites (tertiary alicyclic amines) is 1. The Kier molecular flexibility index (Phi) is 5.16. The van der Waals surface area contributed by atoms with Crippen molar-refractivity contribution in [3.8, 4) is 17.4 Å². The molecule has 3 heterocycles. The number of carbonyl (C=O) groups excluding carboxylic acids is 1. The van der Waals surface area contributed by atoms with Gasteiger partial charge in [0.05, 0.1) is 18.9 Å². The quantitative estimate of drug-likeness (QED) is 0.663. The third kappa shape index (κ3) is 4.21. The monoisotopic (exact) mass is 393 g/mol. The highest BCUT2D eigenvalue weighted by atomic mass is 16.5. The van der Waals surface area contributed by atoms with Crippen LogP contribution in [0.2, 0.25) is 0 Å². The van der Waals surface area contributed by atoms with Crippen molar-refractivity contribution >= 4 is 5.91 Å². The fourth-order valence-corrected chi connectivity index (χ4v) is 3.43. The predicted octanol–water partition coefficient (Wildman–Crippen LogP) is 2.95. The van der Waals surface area contributed by atoms with E-state index >= 15 is 0 Å². The van der Waals surface area contributed by atoms with E-state index in [9.17, 15) is 4.79 Å². The highest BCUT2D eigenvalue weighted by Crippen LogP contribution is 2.29. The van der Waals surface area contributed by atoms with E-state index in [-0.39, 0.29) is 11.8 Å². The van der Waals surface area contributed by atoms with Crippen LogP contribution in [-0.4, -0.2) is 50.8 Å². The van der Waals surface area contributed by atoms with Crippen LogP contribution >= 0.6 is 0 Å². The molecule has 150 valence electrons. The normalized spacial score (nSPS) is 16.1. The van der Waals surface area contributed by atoms with Gasteiger partial charge < -0.3 is 14.4 Å². The summed E-state index contributed by atoms with van der Waals surface area (Å²) in [5.74, 6) is 2.71. The van der Waals surface area contributed by atoms with Crippen LogP contribution in [0.25, 0.3) is 0 Å². The summed E-state index contributed by atoms with van der Waals surface area (Å²) in [6.07, 6.45) is 4.15. The molecule has 0 N–H and O–H groups in total. The van der Waals surface area contributed by atoms with E-state index in [2.05, 4.69) is 15.1 Å². The summed E-state index contributed by atoms with van der Waals surface area (Å²) in [6, 6.07) is 9.15. The lowest BCUT2D eigenvalue weighted by Gasteiger charge is -2.15. The van der Waals surface area contributed by atoms with E-state index in [0.717, 1.165) is 17.9 Å². The predicted molar refractivity (Wildman–Crippen MR) is 106 cm³/mol. The zero-order valence-electron chi connectivity index (χ0n) is 16.7. The molecule has 0 bridgehead atoms. The fraction of sp³-hybridized carbons (Fsp3) is 0.333. The van der Waals surface area contributed by atoms with Crippen molar-refractivity contribution in [2.24, 2.45) is 7.05 Å². The van der Waals surface area contributed by atoms with Gasteiger partial charge in [-0.2, -0.15) is 10.1 Å². The molecule has 0 unspecified atom stereocenters. The molecule has 1 saturated heterocycles. The topological polar surface area (TPSA) is 82.4 Å². The van der Waals surface area contributed by atoms with Crippen LogP contribution in [-0.2, 0) is 7.05 Å². The number of hydrogen-bond acceptors (Lipinski definition) is 6. The average molecular weight is 393 g/mol. The minimum atomic E-state index is -0.0111. The first-order valence-electron chi connectivity index (χ1n) is 9.47. The molecule has 4 rings (SSSR count). The van der Waals surface area contributed by atoms with Crippen LogP contribution in [0.1, 0.15) is 34.2 Å². The number of carbonyl (C=O) groups is 1. The Labute approximate surface area is 169 Å². The van der Waals surface area contributed by atoms with Crippen molar-refractivity contribution in [1.29, 1.82) is 0 Å². The lowest BCUT2D eigenvalue weighted by molar-refractivity contribution is 0.0790. The maximum absolute atomic E-state index is 12.7. The molecule has 1 aliphatic heterocycles. The number of methoxy groups -OCH3 is 1. The number of amides is 1. The lowest BCUT2D eigenvalue weighted by Crippen LogP contribution is -2.28. The molecular formula is C21H23N5O3. The summed E-state index contributed by atoms with van der Waals surface area (Å²) in [7, 11) is 3.42. The van der Waals surface area contributed by atoms with Gasteiger partial charge >= 0.3 is 0 Å². The third-order valence-electron chi connectivity index (χ3n) is 4.92. The first kappa shape index (κ1) is 18.9. The van der Waals surface area contributed by atoms with Gasteiger partial charge in [0.25, 0.3) is 5.91 Å². The molecule has 1 amide bonds. The highest BCUT2D eigenvalue weighted by Gasteiger charge is 2.30. The lowest BCUT2D eigenvalue weighted by atomic mass is 10.1. The van der Waals surface area contributed by atoms with Gasteiger partial charge in [0.15, 0.2) is 0 Å². The molecule has 1 aromatic carbocycles. The van der Waals surface area contributed by atoms with Gasteiger partial charge in [0.2, 0.25) is 5.88 Å². The first-order valence-corrected chi connectivity index (χ1v) is 9.47. The number of nitrogens with zero attached hydrogens (tertiary/aromatic N) is 5. The van der Waals surface area contributed by atoms with Crippen molar-refractivity contribution in [3.63, 3.8) is 0 Å². The van der Waals surface area contributed by atoms with E-state index < -0.39 is 0 Å². The Bertz CT molecular complexity index is 1020. The van der Waals surface area contributed by atoms with Crippen LogP contribution in [0.3, 0.4) is 0 Å². The first-order chi connectivity index (χ1) is 14.0. The summed E-state index contributed by atoms with van der Waals surface area (Å²) in [5, 5.41) is 4.08. The van der Waals surface area contributed by atoms with Gasteiger partial charge in [-0.1, -0.05) is 0 Å². The summed E-state index contributed by atoms with van der Waals surface area (Å²) in [6.45, 7) is 3.17. The van der Waals surface area contributed by atoms with Crippen LogP contribution < -0.4 is 9.47 Å². The minimum absolute atomic E-state index is 0.0111. The van der Waals surface area contributed by atoms with E-state index in [0.29, 0.717) is 36.1 Å². The molecule has 0 aliphatic carbocycles. The van der Waals surface area contributed by atoms with Gasteiger partial charge in [-0.05, 0) is 37.6 Å². The highest BCUT2D eigenvalue weighted by molar-refractivity contribution is 5.93. The van der Waals surface area contributed by atoms with Crippen LogP contribution in [0, 0.1) is 6.92 Å². The summed E-state index contributed by atoms with van der Waals surface area (Å²) >= 11 is 0. The molecule has 1 atom stereocenters. The number of benzene rings is 1. The molecule has 3 aromatic rings. The van der Waals surface area contributed by atoms with E-state index in [1.165, 1.54) is 0 Å². The Morgan fingerprint density at radius 1 is 1.17 bits per heavy atom. The maximum atomic E-state index is 12.7. The van der Waals surface area contributed by atoms with Gasteiger partial charge in [0, 0.05) is 44.0 Å². The standard InChI is InChI=1S/C21H23N5O3/c1-14-10-19(29-18-6-4-17(28-3)5-7-18)24-20(23-14)15-8-9-26(13-15)21(27)16-11-22-25(2)12-16/h4-7,10-12,15H,8-9,13H2,1-3H3/t15-/m0/s1. The molecule has 1 fully saturated rings. The fourth-order valence-electron chi connectivity index (χ4n) is 3.43. The molecule has 0 spiro atoms. The van der Waals surface area contributed by atoms with Gasteiger partial charge in [-0.25, -0.2) is 4.98 Å². The molecule has 0 radical (unpaired) electrons. The largest absolute Gasteiger partial charge is 0.497 e. The Balaban J connectivity index is 1.48. The van der Waals surface area contributed by atoms with Crippen molar-refractivity contribution in [2.75, 3.05) is 20.2 Å². The second-order valence-electron chi connectivity index (χ2n) is 7.12. The van der Waals surface area contributed by atoms with E-state index in [1.807, 2.05) is 36.1 Å². The average Bonchev–Trinajstić information content (AvgIpc) is 3.37. The maximum Gasteiger partial charge on any atom is 0.257 e. The van der Waals surface area contributed by atoms with Crippen molar-refractivity contribution < 1.29 is 14.3 Å². The van der Waals surface area contributed by atoms with Crippen LogP contribution in [0.15, 0.2) is 42.7 Å². The molecule has 2 aromatic heterocycles. The SMILES string of the molecule is COc1ccc(Oc2cc(C)nc([C@H]3CCN(C(=O)c4cnn(C)c4)C3)n2)cc1. The third-order valence-corrected chi connectivity index (χ3v) is 4.92. The second kappa shape index (κ2) is 7.90. The Hall–Kier alpha value is -3.42. The molecule has 8 heteroatoms. The Morgan fingerprint density at radius 2 is 1.93 bits per heavy atom. The molecule has 0 saturated carbocycles. The van der Waals surface area contributed by atoms with Crippen molar-refractivity contribution in [3.05, 3.63) is 59.8 Å². The van der Waals surface area contributed by atoms with Crippen molar-refractivity contribution in [1.82, 2.24) is 24.6 Å². The molecular weight excluding hydrogens is 370 g/mol. The molecule has 29 heavy (non-hydrogen) atoms.